The molecule has 0 radical (unpaired) electrons. The number of allylic oxidation sites excluding steroid dienone is 1. The van der Waals surface area contributed by atoms with Crippen molar-refractivity contribution in [2.45, 2.75) is 6.42 Å². The van der Waals surface area contributed by atoms with Crippen molar-refractivity contribution in [3.8, 4) is 0 Å². The zero-order chi connectivity index (χ0) is 10.6. The van der Waals surface area contributed by atoms with E-state index in [0.717, 1.165) is 11.8 Å². The third-order valence-electron chi connectivity index (χ3n) is 1.48. The van der Waals surface area contributed by atoms with E-state index < -0.39 is 0 Å². The summed E-state index contributed by atoms with van der Waals surface area (Å²) in [4.78, 5) is 13.7. The van der Waals surface area contributed by atoms with Crippen LogP contribution in [0.1, 0.15) is 5.56 Å². The van der Waals surface area contributed by atoms with Crippen molar-refractivity contribution >= 4 is 23.2 Å². The Morgan fingerprint density at radius 1 is 1.64 bits per heavy atom. The van der Waals surface area contributed by atoms with Crippen LogP contribution in [0.4, 0.5) is 0 Å². The normalized spacial score (nSPS) is 11.4. The third kappa shape index (κ3) is 2.97. The first kappa shape index (κ1) is 10.9. The van der Waals surface area contributed by atoms with Crippen molar-refractivity contribution in [2.75, 3.05) is 0 Å². The predicted molar refractivity (Wildman–Crippen MR) is 56.0 cm³/mol. The maximum Gasteiger partial charge on any atom is 0.147 e. The molecule has 0 amide bonds. The van der Waals surface area contributed by atoms with Gasteiger partial charge in [0.05, 0.1) is 11.2 Å². The number of hydrogen-bond acceptors (Lipinski definition) is 4. The van der Waals surface area contributed by atoms with Crippen molar-refractivity contribution in [1.82, 2.24) is 4.98 Å². The van der Waals surface area contributed by atoms with Crippen LogP contribution in [0, 0.1) is 4.91 Å². The summed E-state index contributed by atoms with van der Waals surface area (Å²) in [7, 11) is 0. The molecule has 0 aliphatic rings. The molecule has 0 unspecified atom stereocenters. The SMILES string of the molecule is N/C(=C\N=O)Cc1cnc(Cl)c(Cl)c1. The van der Waals surface area contributed by atoms with Gasteiger partial charge < -0.3 is 5.73 Å². The topological polar surface area (TPSA) is 68.3 Å². The molecule has 0 aromatic carbocycles. The van der Waals surface area contributed by atoms with Crippen molar-refractivity contribution in [1.29, 1.82) is 0 Å². The summed E-state index contributed by atoms with van der Waals surface area (Å²) in [5.41, 5.74) is 6.59. The van der Waals surface area contributed by atoms with E-state index in [9.17, 15) is 4.91 Å². The Labute approximate surface area is 90.7 Å². The first-order chi connectivity index (χ1) is 6.63. The van der Waals surface area contributed by atoms with Gasteiger partial charge in [0, 0.05) is 18.3 Å². The smallest absolute Gasteiger partial charge is 0.147 e. The molecule has 0 bridgehead atoms. The van der Waals surface area contributed by atoms with Gasteiger partial charge in [-0.15, -0.1) is 4.91 Å². The molecule has 6 heteroatoms. The van der Waals surface area contributed by atoms with Crippen molar-refractivity contribution in [3.63, 3.8) is 0 Å². The zero-order valence-corrected chi connectivity index (χ0v) is 8.59. The summed E-state index contributed by atoms with van der Waals surface area (Å²) in [6.07, 6.45) is 2.96. The molecule has 0 atom stereocenters. The largest absolute Gasteiger partial charge is 0.400 e. The first-order valence-corrected chi connectivity index (χ1v) is 4.46. The van der Waals surface area contributed by atoms with Crippen molar-refractivity contribution in [3.05, 3.63) is 44.8 Å². The van der Waals surface area contributed by atoms with Crippen molar-refractivity contribution < 1.29 is 0 Å². The number of nitrogens with two attached hydrogens (primary N) is 1. The second-order valence-electron chi connectivity index (χ2n) is 2.60. The van der Waals surface area contributed by atoms with Crippen LogP contribution in [0.15, 0.2) is 29.3 Å². The minimum atomic E-state index is 0.242. The molecule has 2 N–H and O–H groups in total. The molecule has 0 saturated carbocycles. The van der Waals surface area contributed by atoms with Crippen LogP contribution in [0.25, 0.3) is 0 Å². The highest BCUT2D eigenvalue weighted by molar-refractivity contribution is 6.41. The maximum atomic E-state index is 9.86. The molecule has 74 valence electrons. The van der Waals surface area contributed by atoms with Gasteiger partial charge in [0.2, 0.25) is 0 Å². The summed E-state index contributed by atoms with van der Waals surface area (Å²) < 4.78 is 0. The molecule has 0 aliphatic carbocycles. The molecule has 1 rings (SSSR count). The van der Waals surface area contributed by atoms with E-state index in [1.807, 2.05) is 0 Å². The molecule has 1 aromatic heterocycles. The number of halogens is 2. The summed E-state index contributed by atoms with van der Waals surface area (Å²) in [6.45, 7) is 0. The van der Waals surface area contributed by atoms with Gasteiger partial charge in [0.1, 0.15) is 5.15 Å². The fourth-order valence-electron chi connectivity index (χ4n) is 0.907. The Morgan fingerprint density at radius 2 is 2.36 bits per heavy atom. The Kier molecular flexibility index (Phi) is 3.85. The summed E-state index contributed by atoms with van der Waals surface area (Å²) in [6, 6.07) is 1.64. The number of nitrogens with zero attached hydrogens (tertiary/aromatic N) is 2. The predicted octanol–water partition coefficient (Wildman–Crippen LogP) is 2.50. The maximum absolute atomic E-state index is 9.86. The lowest BCUT2D eigenvalue weighted by Gasteiger charge is -2.01. The molecular weight excluding hydrogens is 225 g/mol. The molecule has 0 aliphatic heterocycles. The molecule has 1 heterocycles. The Balaban J connectivity index is 2.83. The monoisotopic (exact) mass is 231 g/mol. The highest BCUT2D eigenvalue weighted by atomic mass is 35.5. The van der Waals surface area contributed by atoms with Crippen LogP contribution in [-0.4, -0.2) is 4.98 Å². The molecular formula is C8H7Cl2N3O. The van der Waals surface area contributed by atoms with E-state index in [1.54, 1.807) is 12.3 Å². The fraction of sp³-hybridized carbons (Fsp3) is 0.125. The fourth-order valence-corrected chi connectivity index (χ4v) is 1.20. The minimum Gasteiger partial charge on any atom is -0.400 e. The molecule has 4 nitrogen and oxygen atoms in total. The van der Waals surface area contributed by atoms with Gasteiger partial charge in [0.25, 0.3) is 0 Å². The van der Waals surface area contributed by atoms with Gasteiger partial charge in [-0.25, -0.2) is 4.98 Å². The second-order valence-corrected chi connectivity index (χ2v) is 3.37. The van der Waals surface area contributed by atoms with Crippen LogP contribution in [-0.2, 0) is 6.42 Å². The van der Waals surface area contributed by atoms with Crippen molar-refractivity contribution in [2.24, 2.45) is 10.9 Å². The van der Waals surface area contributed by atoms with Gasteiger partial charge in [0.15, 0.2) is 0 Å². The second kappa shape index (κ2) is 4.93. The molecule has 0 spiro atoms. The lowest BCUT2D eigenvalue weighted by atomic mass is 10.2. The van der Waals surface area contributed by atoms with Gasteiger partial charge >= 0.3 is 0 Å². The first-order valence-electron chi connectivity index (χ1n) is 3.70. The van der Waals surface area contributed by atoms with E-state index in [4.69, 9.17) is 28.9 Å². The number of pyridine rings is 1. The summed E-state index contributed by atoms with van der Waals surface area (Å²) in [5, 5.41) is 3.15. The number of rotatable bonds is 3. The average molecular weight is 232 g/mol. The summed E-state index contributed by atoms with van der Waals surface area (Å²) in [5.74, 6) is 0. The van der Waals surface area contributed by atoms with Crippen LogP contribution in [0.3, 0.4) is 0 Å². The lowest BCUT2D eigenvalue weighted by Crippen LogP contribution is -2.01. The van der Waals surface area contributed by atoms with Gasteiger partial charge in [-0.2, -0.15) is 0 Å². The van der Waals surface area contributed by atoms with Gasteiger partial charge in [-0.05, 0) is 16.8 Å². The number of nitroso groups, excluding NO2 is 1. The van der Waals surface area contributed by atoms with Gasteiger partial charge in [-0.3, -0.25) is 0 Å². The van der Waals surface area contributed by atoms with E-state index in [0.29, 0.717) is 17.1 Å². The van der Waals surface area contributed by atoms with Crippen LogP contribution >= 0.6 is 23.2 Å². The number of hydrogen-bond donors (Lipinski definition) is 1. The minimum absolute atomic E-state index is 0.242. The average Bonchev–Trinajstić information content (AvgIpc) is 2.12. The molecule has 0 fully saturated rings. The molecule has 14 heavy (non-hydrogen) atoms. The Bertz CT molecular complexity index is 379. The highest BCUT2D eigenvalue weighted by Crippen LogP contribution is 2.20. The van der Waals surface area contributed by atoms with E-state index >= 15 is 0 Å². The van der Waals surface area contributed by atoms with Crippen LogP contribution in [0.2, 0.25) is 10.2 Å². The molecule has 1 aromatic rings. The van der Waals surface area contributed by atoms with Crippen LogP contribution < -0.4 is 5.73 Å². The number of aromatic nitrogens is 1. The highest BCUT2D eigenvalue weighted by Gasteiger charge is 2.01. The standard InChI is InChI=1S/C8H7Cl2N3O/c9-7-2-5(3-12-8(7)10)1-6(11)4-13-14/h2-4H,1,11H2/b6-4-. The summed E-state index contributed by atoms with van der Waals surface area (Å²) >= 11 is 11.4. The Morgan fingerprint density at radius 3 is 2.93 bits per heavy atom. The Hall–Kier alpha value is -1.13. The van der Waals surface area contributed by atoms with E-state index in [-0.39, 0.29) is 5.15 Å². The third-order valence-corrected chi connectivity index (χ3v) is 2.17. The molecule has 0 saturated heterocycles. The van der Waals surface area contributed by atoms with E-state index in [1.165, 1.54) is 0 Å². The zero-order valence-electron chi connectivity index (χ0n) is 7.08. The van der Waals surface area contributed by atoms with Gasteiger partial charge in [-0.1, -0.05) is 23.2 Å². The lowest BCUT2D eigenvalue weighted by molar-refractivity contribution is 1.07. The van der Waals surface area contributed by atoms with Crippen LogP contribution in [0.5, 0.6) is 0 Å². The quantitative estimate of drug-likeness (QED) is 0.642. The van der Waals surface area contributed by atoms with E-state index in [2.05, 4.69) is 10.2 Å².